The van der Waals surface area contributed by atoms with Gasteiger partial charge in [-0.3, -0.25) is 0 Å². The Morgan fingerprint density at radius 1 is 1.45 bits per heavy atom. The van der Waals surface area contributed by atoms with Gasteiger partial charge in [-0.2, -0.15) is 0 Å². The third-order valence-corrected chi connectivity index (χ3v) is 4.98. The number of ether oxygens (including phenoxy) is 1. The number of thiazole rings is 1. The molecule has 0 saturated carbocycles. The van der Waals surface area contributed by atoms with Crippen molar-refractivity contribution in [2.75, 3.05) is 38.3 Å². The first-order valence-electron chi connectivity index (χ1n) is 7.49. The zero-order valence-corrected chi connectivity index (χ0v) is 14.0. The maximum atomic E-state index is 5.06. The number of nitrogens with zero attached hydrogens (tertiary/aromatic N) is 2. The highest BCUT2D eigenvalue weighted by atomic mass is 32.1. The van der Waals surface area contributed by atoms with E-state index in [-0.39, 0.29) is 0 Å². The van der Waals surface area contributed by atoms with Crippen LogP contribution in [0.3, 0.4) is 0 Å². The summed E-state index contributed by atoms with van der Waals surface area (Å²) in [5.74, 6) is 0. The highest BCUT2D eigenvalue weighted by Gasteiger charge is 2.31. The van der Waals surface area contributed by atoms with Gasteiger partial charge in [-0.25, -0.2) is 4.98 Å². The molecule has 0 aliphatic carbocycles. The van der Waals surface area contributed by atoms with Gasteiger partial charge in [0.2, 0.25) is 0 Å². The molecule has 0 atom stereocenters. The Balaban J connectivity index is 1.99. The van der Waals surface area contributed by atoms with Crippen molar-refractivity contribution in [3.05, 3.63) is 10.6 Å². The molecule has 2 heterocycles. The van der Waals surface area contributed by atoms with Gasteiger partial charge in [0.15, 0.2) is 5.13 Å². The molecular formula is C15H27N3OS. The third kappa shape index (κ3) is 3.93. The van der Waals surface area contributed by atoms with Crippen LogP contribution in [0.5, 0.6) is 0 Å². The lowest BCUT2D eigenvalue weighted by molar-refractivity contribution is 0.199. The number of aromatic nitrogens is 1. The quantitative estimate of drug-likeness (QED) is 0.785. The van der Waals surface area contributed by atoms with E-state index < -0.39 is 0 Å². The van der Waals surface area contributed by atoms with E-state index in [0.29, 0.717) is 5.41 Å². The van der Waals surface area contributed by atoms with Gasteiger partial charge in [-0.15, -0.1) is 11.3 Å². The van der Waals surface area contributed by atoms with Gasteiger partial charge in [-0.05, 0) is 18.3 Å². The van der Waals surface area contributed by atoms with Crippen LogP contribution in [0, 0.1) is 5.41 Å². The summed E-state index contributed by atoms with van der Waals surface area (Å²) in [6.07, 6.45) is 2.27. The lowest BCUT2D eigenvalue weighted by Crippen LogP contribution is -2.22. The Kier molecular flexibility index (Phi) is 5.41. The average Bonchev–Trinajstić information content (AvgIpc) is 2.97. The Bertz CT molecular complexity index is 431. The predicted molar refractivity (Wildman–Crippen MR) is 85.7 cm³/mol. The van der Waals surface area contributed by atoms with Gasteiger partial charge in [0.1, 0.15) is 0 Å². The number of rotatable bonds is 7. The van der Waals surface area contributed by atoms with E-state index in [4.69, 9.17) is 9.72 Å². The van der Waals surface area contributed by atoms with Gasteiger partial charge in [-0.1, -0.05) is 20.8 Å². The summed E-state index contributed by atoms with van der Waals surface area (Å²) in [5.41, 5.74) is 1.68. The summed E-state index contributed by atoms with van der Waals surface area (Å²) >= 11 is 1.85. The van der Waals surface area contributed by atoms with Crippen LogP contribution in [0.1, 0.15) is 37.8 Å². The van der Waals surface area contributed by atoms with Crippen LogP contribution in [0.2, 0.25) is 0 Å². The number of hydrogen-bond acceptors (Lipinski definition) is 5. The van der Waals surface area contributed by atoms with Crippen LogP contribution < -0.4 is 10.2 Å². The number of anilines is 1. The van der Waals surface area contributed by atoms with Gasteiger partial charge in [0.25, 0.3) is 0 Å². The molecule has 5 heteroatoms. The monoisotopic (exact) mass is 297 g/mol. The van der Waals surface area contributed by atoms with Crippen LogP contribution in [0.15, 0.2) is 0 Å². The van der Waals surface area contributed by atoms with Crippen molar-refractivity contribution >= 4 is 16.5 Å². The Hall–Kier alpha value is -0.650. The second-order valence-electron chi connectivity index (χ2n) is 6.23. The van der Waals surface area contributed by atoms with Crippen molar-refractivity contribution in [2.45, 2.75) is 40.2 Å². The maximum absolute atomic E-state index is 5.06. The lowest BCUT2D eigenvalue weighted by atomic mass is 9.93. The Labute approximate surface area is 126 Å². The van der Waals surface area contributed by atoms with E-state index in [1.807, 2.05) is 11.3 Å². The third-order valence-electron chi connectivity index (χ3n) is 3.82. The molecule has 1 aromatic heterocycles. The molecule has 1 saturated heterocycles. The number of aryl methyl sites for hydroxylation is 1. The highest BCUT2D eigenvalue weighted by Crippen LogP contribution is 2.35. The molecule has 0 aromatic carbocycles. The topological polar surface area (TPSA) is 37.4 Å². The molecule has 1 N–H and O–H groups in total. The van der Waals surface area contributed by atoms with E-state index >= 15 is 0 Å². The van der Waals surface area contributed by atoms with Gasteiger partial charge in [0.05, 0.1) is 12.3 Å². The lowest BCUT2D eigenvalue weighted by Gasteiger charge is -2.18. The minimum atomic E-state index is 0.426. The standard InChI is InChI=1S/C15H27N3OS/c1-5-12-13(10-16-7-9-19-4)20-14(17-12)18-8-6-15(2,3)11-18/h16H,5-11H2,1-4H3. The highest BCUT2D eigenvalue weighted by molar-refractivity contribution is 7.15. The van der Waals surface area contributed by atoms with Crippen LogP contribution in [0.4, 0.5) is 5.13 Å². The van der Waals surface area contributed by atoms with E-state index in [0.717, 1.165) is 39.2 Å². The second-order valence-corrected chi connectivity index (χ2v) is 7.29. The van der Waals surface area contributed by atoms with Crippen LogP contribution in [0.25, 0.3) is 0 Å². The van der Waals surface area contributed by atoms with Gasteiger partial charge >= 0.3 is 0 Å². The smallest absolute Gasteiger partial charge is 0.185 e. The molecule has 2 rings (SSSR count). The first-order chi connectivity index (χ1) is 9.55. The summed E-state index contributed by atoms with van der Waals surface area (Å²) in [5, 5.41) is 4.63. The van der Waals surface area contributed by atoms with Crippen molar-refractivity contribution in [1.82, 2.24) is 10.3 Å². The van der Waals surface area contributed by atoms with Crippen molar-refractivity contribution in [2.24, 2.45) is 5.41 Å². The molecule has 0 spiro atoms. The molecule has 4 nitrogen and oxygen atoms in total. The van der Waals surface area contributed by atoms with Crippen molar-refractivity contribution in [3.63, 3.8) is 0 Å². The fourth-order valence-electron chi connectivity index (χ4n) is 2.57. The molecule has 1 aromatic rings. The second kappa shape index (κ2) is 6.87. The van der Waals surface area contributed by atoms with E-state index in [2.05, 4.69) is 31.0 Å². The van der Waals surface area contributed by atoms with Crippen molar-refractivity contribution in [3.8, 4) is 0 Å². The largest absolute Gasteiger partial charge is 0.383 e. The molecule has 1 aliphatic heterocycles. The number of nitrogens with one attached hydrogen (secondary N) is 1. The molecule has 0 bridgehead atoms. The van der Waals surface area contributed by atoms with E-state index in [1.54, 1.807) is 7.11 Å². The molecule has 114 valence electrons. The molecule has 1 aliphatic rings. The maximum Gasteiger partial charge on any atom is 0.185 e. The van der Waals surface area contributed by atoms with Crippen LogP contribution in [-0.2, 0) is 17.7 Å². The summed E-state index contributed by atoms with van der Waals surface area (Å²) in [6.45, 7) is 11.7. The average molecular weight is 297 g/mol. The summed E-state index contributed by atoms with van der Waals surface area (Å²) in [7, 11) is 1.74. The first-order valence-corrected chi connectivity index (χ1v) is 8.30. The normalized spacial score (nSPS) is 17.9. The molecule has 1 fully saturated rings. The fourth-order valence-corrected chi connectivity index (χ4v) is 3.71. The minimum Gasteiger partial charge on any atom is -0.383 e. The summed E-state index contributed by atoms with van der Waals surface area (Å²) < 4.78 is 5.06. The number of hydrogen-bond donors (Lipinski definition) is 1. The van der Waals surface area contributed by atoms with Gasteiger partial charge in [0, 0.05) is 38.2 Å². The van der Waals surface area contributed by atoms with Crippen molar-refractivity contribution < 1.29 is 4.74 Å². The van der Waals surface area contributed by atoms with Gasteiger partial charge < -0.3 is 15.0 Å². The molecule has 0 radical (unpaired) electrons. The van der Waals surface area contributed by atoms with Crippen molar-refractivity contribution in [1.29, 1.82) is 0 Å². The summed E-state index contributed by atoms with van der Waals surface area (Å²) in [4.78, 5) is 8.67. The molecule has 0 amide bonds. The Morgan fingerprint density at radius 2 is 2.25 bits per heavy atom. The summed E-state index contributed by atoms with van der Waals surface area (Å²) in [6, 6.07) is 0. The molecule has 20 heavy (non-hydrogen) atoms. The zero-order chi connectivity index (χ0) is 14.6. The van der Waals surface area contributed by atoms with Crippen LogP contribution >= 0.6 is 11.3 Å². The van der Waals surface area contributed by atoms with E-state index in [9.17, 15) is 0 Å². The minimum absolute atomic E-state index is 0.426. The number of methoxy groups -OCH3 is 1. The predicted octanol–water partition coefficient (Wildman–Crippen LogP) is 2.68. The van der Waals surface area contributed by atoms with Crippen LogP contribution in [-0.4, -0.2) is 38.3 Å². The van der Waals surface area contributed by atoms with E-state index in [1.165, 1.54) is 22.1 Å². The zero-order valence-electron chi connectivity index (χ0n) is 13.2. The molecule has 0 unspecified atom stereocenters. The Morgan fingerprint density at radius 3 is 2.85 bits per heavy atom. The fraction of sp³-hybridized carbons (Fsp3) is 0.800. The molecular weight excluding hydrogens is 270 g/mol. The first kappa shape index (κ1) is 15.7. The SMILES string of the molecule is CCc1nc(N2CCC(C)(C)C2)sc1CNCCOC.